The third-order valence-electron chi connectivity index (χ3n) is 4.91. The standard InChI is InChI=1S/C19H23N3O3/c1-13-10-14(2)22(20-13)12-19(23)21-7-3-4-16(21)15-5-6-17-18(11-15)25-9-8-24-17/h5-6,10-11,16H,3-4,7-9,12H2,1-2H3/t16-/m0/s1. The van der Waals surface area contributed by atoms with Crippen LogP contribution in [0.1, 0.15) is 35.8 Å². The molecule has 1 fully saturated rings. The van der Waals surface area contributed by atoms with Crippen LogP contribution in [0.15, 0.2) is 24.3 Å². The molecule has 1 saturated heterocycles. The van der Waals surface area contributed by atoms with Gasteiger partial charge in [-0.1, -0.05) is 6.07 Å². The van der Waals surface area contributed by atoms with Crippen molar-refractivity contribution >= 4 is 5.91 Å². The third kappa shape index (κ3) is 3.08. The Balaban J connectivity index is 1.54. The summed E-state index contributed by atoms with van der Waals surface area (Å²) in [5.74, 6) is 1.68. The molecule has 2 aliphatic heterocycles. The maximum Gasteiger partial charge on any atom is 0.244 e. The van der Waals surface area contributed by atoms with E-state index in [2.05, 4.69) is 5.10 Å². The molecule has 6 heteroatoms. The van der Waals surface area contributed by atoms with Crippen molar-refractivity contribution in [3.05, 3.63) is 41.2 Å². The van der Waals surface area contributed by atoms with E-state index in [9.17, 15) is 4.79 Å². The Morgan fingerprint density at radius 3 is 2.76 bits per heavy atom. The number of fused-ring (bicyclic) bond motifs is 1. The molecular formula is C19H23N3O3. The van der Waals surface area contributed by atoms with Crippen LogP contribution in [-0.2, 0) is 11.3 Å². The molecule has 0 saturated carbocycles. The lowest BCUT2D eigenvalue weighted by molar-refractivity contribution is -0.133. The van der Waals surface area contributed by atoms with Gasteiger partial charge in [-0.15, -0.1) is 0 Å². The van der Waals surface area contributed by atoms with E-state index in [-0.39, 0.29) is 11.9 Å². The average Bonchev–Trinajstić information content (AvgIpc) is 3.21. The van der Waals surface area contributed by atoms with Gasteiger partial charge < -0.3 is 14.4 Å². The van der Waals surface area contributed by atoms with E-state index < -0.39 is 0 Å². The number of amides is 1. The van der Waals surface area contributed by atoms with Crippen LogP contribution in [0.5, 0.6) is 11.5 Å². The summed E-state index contributed by atoms with van der Waals surface area (Å²) in [7, 11) is 0. The number of carbonyl (C=O) groups excluding carboxylic acids is 1. The van der Waals surface area contributed by atoms with Crippen LogP contribution in [0.25, 0.3) is 0 Å². The molecule has 1 amide bonds. The van der Waals surface area contributed by atoms with Crippen LogP contribution in [0, 0.1) is 13.8 Å². The summed E-state index contributed by atoms with van der Waals surface area (Å²) in [4.78, 5) is 14.8. The third-order valence-corrected chi connectivity index (χ3v) is 4.91. The van der Waals surface area contributed by atoms with E-state index in [0.717, 1.165) is 47.8 Å². The normalized spacial score (nSPS) is 19.3. The second-order valence-corrected chi connectivity index (χ2v) is 6.73. The molecule has 0 N–H and O–H groups in total. The van der Waals surface area contributed by atoms with Crippen molar-refractivity contribution in [1.82, 2.24) is 14.7 Å². The molecule has 0 unspecified atom stereocenters. The molecule has 2 aromatic rings. The number of aromatic nitrogens is 2. The predicted octanol–water partition coefficient (Wildman–Crippen LogP) is 2.63. The number of nitrogens with zero attached hydrogens (tertiary/aromatic N) is 3. The zero-order valence-electron chi connectivity index (χ0n) is 14.7. The number of hydrogen-bond acceptors (Lipinski definition) is 4. The highest BCUT2D eigenvalue weighted by molar-refractivity contribution is 5.77. The van der Waals surface area contributed by atoms with Gasteiger partial charge in [-0.25, -0.2) is 0 Å². The highest BCUT2D eigenvalue weighted by atomic mass is 16.6. The van der Waals surface area contributed by atoms with E-state index in [1.165, 1.54) is 0 Å². The van der Waals surface area contributed by atoms with Crippen LogP contribution >= 0.6 is 0 Å². The monoisotopic (exact) mass is 341 g/mol. The molecule has 0 bridgehead atoms. The fraction of sp³-hybridized carbons (Fsp3) is 0.474. The van der Waals surface area contributed by atoms with Gasteiger partial charge in [-0.2, -0.15) is 5.10 Å². The van der Waals surface area contributed by atoms with E-state index in [0.29, 0.717) is 19.8 Å². The summed E-state index contributed by atoms with van der Waals surface area (Å²) in [6.07, 6.45) is 1.99. The predicted molar refractivity (Wildman–Crippen MR) is 92.8 cm³/mol. The number of benzene rings is 1. The minimum atomic E-state index is 0.0975. The number of carbonyl (C=O) groups is 1. The van der Waals surface area contributed by atoms with Crippen LogP contribution < -0.4 is 9.47 Å². The molecule has 4 rings (SSSR count). The topological polar surface area (TPSA) is 56.6 Å². The summed E-state index contributed by atoms with van der Waals surface area (Å²) in [6.45, 7) is 6.17. The van der Waals surface area contributed by atoms with Crippen molar-refractivity contribution in [2.24, 2.45) is 0 Å². The first-order valence-corrected chi connectivity index (χ1v) is 8.82. The first kappa shape index (κ1) is 16.0. The van der Waals surface area contributed by atoms with Crippen LogP contribution in [0.2, 0.25) is 0 Å². The molecule has 0 spiro atoms. The summed E-state index contributed by atoms with van der Waals surface area (Å²) in [5, 5.41) is 4.41. The molecule has 1 aromatic heterocycles. The van der Waals surface area contributed by atoms with Gasteiger partial charge in [0.1, 0.15) is 19.8 Å². The second-order valence-electron chi connectivity index (χ2n) is 6.73. The molecule has 0 radical (unpaired) electrons. The maximum atomic E-state index is 12.9. The van der Waals surface area contributed by atoms with Gasteiger partial charge >= 0.3 is 0 Å². The molecule has 1 aromatic carbocycles. The van der Waals surface area contributed by atoms with Crippen molar-refractivity contribution in [2.75, 3.05) is 19.8 Å². The lowest BCUT2D eigenvalue weighted by atomic mass is 10.0. The minimum Gasteiger partial charge on any atom is -0.486 e. The minimum absolute atomic E-state index is 0.0975. The van der Waals surface area contributed by atoms with Crippen molar-refractivity contribution in [3.63, 3.8) is 0 Å². The first-order valence-electron chi connectivity index (χ1n) is 8.82. The van der Waals surface area contributed by atoms with Crippen molar-refractivity contribution < 1.29 is 14.3 Å². The van der Waals surface area contributed by atoms with E-state index in [4.69, 9.17) is 9.47 Å². The number of ether oxygens (including phenoxy) is 2. The Morgan fingerprint density at radius 2 is 2.00 bits per heavy atom. The van der Waals surface area contributed by atoms with Gasteiger partial charge in [0, 0.05) is 12.2 Å². The molecule has 6 nitrogen and oxygen atoms in total. The number of rotatable bonds is 3. The quantitative estimate of drug-likeness (QED) is 0.861. The molecule has 132 valence electrons. The van der Waals surface area contributed by atoms with Crippen molar-refractivity contribution in [1.29, 1.82) is 0 Å². The Morgan fingerprint density at radius 1 is 1.20 bits per heavy atom. The zero-order chi connectivity index (χ0) is 17.4. The van der Waals surface area contributed by atoms with Crippen LogP contribution in [0.4, 0.5) is 0 Å². The molecule has 3 heterocycles. The van der Waals surface area contributed by atoms with E-state index in [1.807, 2.05) is 43.0 Å². The highest BCUT2D eigenvalue weighted by Gasteiger charge is 2.31. The zero-order valence-corrected chi connectivity index (χ0v) is 14.7. The molecule has 2 aliphatic rings. The van der Waals surface area contributed by atoms with Crippen LogP contribution in [-0.4, -0.2) is 40.3 Å². The van der Waals surface area contributed by atoms with E-state index >= 15 is 0 Å². The van der Waals surface area contributed by atoms with Gasteiger partial charge in [0.15, 0.2) is 11.5 Å². The lowest BCUT2D eigenvalue weighted by Crippen LogP contribution is -2.34. The molecule has 25 heavy (non-hydrogen) atoms. The van der Waals surface area contributed by atoms with Crippen molar-refractivity contribution in [3.8, 4) is 11.5 Å². The Kier molecular flexibility index (Phi) is 4.11. The van der Waals surface area contributed by atoms with Crippen LogP contribution in [0.3, 0.4) is 0 Å². The number of aryl methyl sites for hydroxylation is 2. The molecule has 0 aliphatic carbocycles. The lowest BCUT2D eigenvalue weighted by Gasteiger charge is -2.27. The summed E-state index contributed by atoms with van der Waals surface area (Å²) in [6, 6.07) is 8.11. The largest absolute Gasteiger partial charge is 0.486 e. The first-order chi connectivity index (χ1) is 12.1. The Hall–Kier alpha value is -2.50. The van der Waals surface area contributed by atoms with Crippen molar-refractivity contribution in [2.45, 2.75) is 39.3 Å². The van der Waals surface area contributed by atoms with E-state index in [1.54, 1.807) is 4.68 Å². The highest BCUT2D eigenvalue weighted by Crippen LogP contribution is 2.38. The fourth-order valence-corrected chi connectivity index (χ4v) is 3.73. The number of likely N-dealkylation sites (tertiary alicyclic amines) is 1. The average molecular weight is 341 g/mol. The van der Waals surface area contributed by atoms with Gasteiger partial charge in [0.05, 0.1) is 11.7 Å². The summed E-state index contributed by atoms with van der Waals surface area (Å²) >= 11 is 0. The van der Waals surface area contributed by atoms with Gasteiger partial charge in [0.2, 0.25) is 5.91 Å². The van der Waals surface area contributed by atoms with Gasteiger partial charge in [-0.05, 0) is 50.5 Å². The van der Waals surface area contributed by atoms with Gasteiger partial charge in [0.25, 0.3) is 0 Å². The SMILES string of the molecule is Cc1cc(C)n(CC(=O)N2CCC[C@H]2c2ccc3c(c2)OCCO3)n1. The smallest absolute Gasteiger partial charge is 0.244 e. The van der Waals surface area contributed by atoms with Gasteiger partial charge in [-0.3, -0.25) is 9.48 Å². The Labute approximate surface area is 147 Å². The molecule has 1 atom stereocenters. The maximum absolute atomic E-state index is 12.9. The summed E-state index contributed by atoms with van der Waals surface area (Å²) in [5.41, 5.74) is 3.07. The fourth-order valence-electron chi connectivity index (χ4n) is 3.73. The second kappa shape index (κ2) is 6.43. The number of hydrogen-bond donors (Lipinski definition) is 0. The summed E-state index contributed by atoms with van der Waals surface area (Å²) < 4.78 is 13.1. The Bertz CT molecular complexity index is 799. The molecular weight excluding hydrogens is 318 g/mol.